The lowest BCUT2D eigenvalue weighted by Gasteiger charge is -2.09. The molecule has 1 N–H and O–H groups in total. The highest BCUT2D eigenvalue weighted by Crippen LogP contribution is 2.23. The van der Waals surface area contributed by atoms with E-state index in [4.69, 9.17) is 11.6 Å². The maximum Gasteiger partial charge on any atom is 0.240 e. The first kappa shape index (κ1) is 22.0. The van der Waals surface area contributed by atoms with Crippen molar-refractivity contribution in [1.29, 1.82) is 0 Å². The van der Waals surface area contributed by atoms with Crippen molar-refractivity contribution in [2.24, 2.45) is 0 Å². The number of nitrogens with zero attached hydrogens (tertiary/aromatic N) is 3. The molecule has 0 saturated carbocycles. The number of nitrogens with one attached hydrogen (secondary N) is 1. The lowest BCUT2D eigenvalue weighted by Crippen LogP contribution is -2.25. The second-order valence-corrected chi connectivity index (χ2v) is 10.1. The van der Waals surface area contributed by atoms with E-state index in [-0.39, 0.29) is 11.4 Å². The van der Waals surface area contributed by atoms with Gasteiger partial charge in [0.2, 0.25) is 10.0 Å². The Kier molecular flexibility index (Phi) is 7.53. The van der Waals surface area contributed by atoms with Crippen LogP contribution in [0.4, 0.5) is 0 Å². The molecule has 0 bridgehead atoms. The van der Waals surface area contributed by atoms with Crippen LogP contribution in [0.2, 0.25) is 5.02 Å². The third-order valence-corrected chi connectivity index (χ3v) is 7.17. The number of sulfonamides is 1. The molecule has 0 aliphatic carbocycles. The molecule has 1 aromatic heterocycles. The summed E-state index contributed by atoms with van der Waals surface area (Å²) in [5.41, 5.74) is 1.10. The van der Waals surface area contributed by atoms with Crippen LogP contribution >= 0.6 is 39.3 Å². The lowest BCUT2D eigenvalue weighted by molar-refractivity contribution is 0.574. The number of aromatic nitrogens is 3. The summed E-state index contributed by atoms with van der Waals surface area (Å²) in [7, 11) is -3.65. The predicted molar refractivity (Wildman–Crippen MR) is 119 cm³/mol. The molecule has 0 radical (unpaired) electrons. The summed E-state index contributed by atoms with van der Waals surface area (Å²) in [6, 6.07) is 14.0. The number of halogens is 2. The molecule has 3 aromatic rings. The van der Waals surface area contributed by atoms with Crippen molar-refractivity contribution < 1.29 is 8.42 Å². The lowest BCUT2D eigenvalue weighted by atomic mass is 10.2. The molecule has 152 valence electrons. The zero-order chi connectivity index (χ0) is 20.9. The number of hydrogen-bond donors (Lipinski definition) is 1. The summed E-state index contributed by atoms with van der Waals surface area (Å²) in [6.45, 7) is 4.27. The van der Waals surface area contributed by atoms with Gasteiger partial charge in [-0.15, -0.1) is 16.8 Å². The van der Waals surface area contributed by atoms with Crippen molar-refractivity contribution in [3.63, 3.8) is 0 Å². The van der Waals surface area contributed by atoms with Gasteiger partial charge in [0.1, 0.15) is 5.82 Å². The molecule has 0 atom stereocenters. The monoisotopic (exact) mass is 512 g/mol. The quantitative estimate of drug-likeness (QED) is 0.333. The second-order valence-electron chi connectivity index (χ2n) is 5.99. The molecule has 3 rings (SSSR count). The number of rotatable bonds is 9. The number of allylic oxidation sites excluding steroid dienone is 1. The van der Waals surface area contributed by atoms with Crippen LogP contribution in [0, 0.1) is 0 Å². The standard InChI is InChI=1S/C19H18BrClN4O2S2/c1-2-11-25-18(12-22-29(26,27)17-9-5-15(20)6-10-17)23-24-19(25)28-13-14-3-7-16(21)8-4-14/h2-10,22H,1,11-13H2. The molecule has 0 unspecified atom stereocenters. The minimum Gasteiger partial charge on any atom is -0.301 e. The Balaban J connectivity index is 1.71. The molecule has 1 heterocycles. The zero-order valence-electron chi connectivity index (χ0n) is 15.3. The van der Waals surface area contributed by atoms with Crippen LogP contribution < -0.4 is 4.72 Å². The molecule has 0 spiro atoms. The van der Waals surface area contributed by atoms with Crippen LogP contribution in [0.3, 0.4) is 0 Å². The van der Waals surface area contributed by atoms with Gasteiger partial charge < -0.3 is 4.57 Å². The van der Waals surface area contributed by atoms with Crippen LogP contribution in [0.5, 0.6) is 0 Å². The van der Waals surface area contributed by atoms with Gasteiger partial charge in [-0.2, -0.15) is 0 Å². The van der Waals surface area contributed by atoms with E-state index in [1.807, 2.05) is 28.8 Å². The zero-order valence-corrected chi connectivity index (χ0v) is 19.2. The van der Waals surface area contributed by atoms with Gasteiger partial charge in [-0.3, -0.25) is 0 Å². The van der Waals surface area contributed by atoms with Crippen LogP contribution in [0.1, 0.15) is 11.4 Å². The maximum absolute atomic E-state index is 12.5. The molecule has 2 aromatic carbocycles. The summed E-state index contributed by atoms with van der Waals surface area (Å²) in [6.07, 6.45) is 1.72. The Bertz CT molecular complexity index is 1080. The highest BCUT2D eigenvalue weighted by molar-refractivity contribution is 9.10. The summed E-state index contributed by atoms with van der Waals surface area (Å²) < 4.78 is 30.3. The van der Waals surface area contributed by atoms with Crippen molar-refractivity contribution >= 4 is 49.3 Å². The summed E-state index contributed by atoms with van der Waals surface area (Å²) in [5.74, 6) is 1.21. The smallest absolute Gasteiger partial charge is 0.240 e. The van der Waals surface area contributed by atoms with E-state index in [1.54, 1.807) is 18.2 Å². The average Bonchev–Trinajstić information content (AvgIpc) is 3.08. The largest absolute Gasteiger partial charge is 0.301 e. The first-order valence-electron chi connectivity index (χ1n) is 8.54. The van der Waals surface area contributed by atoms with Crippen molar-refractivity contribution in [3.8, 4) is 0 Å². The van der Waals surface area contributed by atoms with E-state index in [2.05, 4.69) is 37.4 Å². The van der Waals surface area contributed by atoms with Gasteiger partial charge in [0.05, 0.1) is 11.4 Å². The van der Waals surface area contributed by atoms with E-state index in [0.29, 0.717) is 28.3 Å². The Morgan fingerprint density at radius 1 is 1.14 bits per heavy atom. The second kappa shape index (κ2) is 9.90. The van der Waals surface area contributed by atoms with Crippen LogP contribution in [-0.4, -0.2) is 23.2 Å². The molecule has 6 nitrogen and oxygen atoms in total. The highest BCUT2D eigenvalue weighted by atomic mass is 79.9. The van der Waals surface area contributed by atoms with E-state index < -0.39 is 10.0 Å². The molecule has 0 aliphatic rings. The van der Waals surface area contributed by atoms with Crippen LogP contribution in [0.15, 0.2) is 75.7 Å². The molecule has 0 amide bonds. The topological polar surface area (TPSA) is 76.9 Å². The summed E-state index contributed by atoms with van der Waals surface area (Å²) in [4.78, 5) is 0.188. The van der Waals surface area contributed by atoms with Crippen molar-refractivity contribution in [2.45, 2.75) is 28.9 Å². The van der Waals surface area contributed by atoms with Gasteiger partial charge in [0.15, 0.2) is 5.16 Å². The first-order chi connectivity index (χ1) is 13.9. The number of hydrogen-bond acceptors (Lipinski definition) is 5. The van der Waals surface area contributed by atoms with Gasteiger partial charge >= 0.3 is 0 Å². The highest BCUT2D eigenvalue weighted by Gasteiger charge is 2.17. The van der Waals surface area contributed by atoms with Crippen molar-refractivity contribution in [2.75, 3.05) is 0 Å². The van der Waals surface area contributed by atoms with E-state index in [0.717, 1.165) is 10.0 Å². The summed E-state index contributed by atoms with van der Waals surface area (Å²) in [5, 5.41) is 9.76. The fraction of sp³-hybridized carbons (Fsp3) is 0.158. The first-order valence-corrected chi connectivity index (χ1v) is 12.2. The minimum absolute atomic E-state index is 0.0285. The molecule has 0 aliphatic heterocycles. The predicted octanol–water partition coefficient (Wildman–Crippen LogP) is 4.65. The van der Waals surface area contributed by atoms with Gasteiger partial charge in [0, 0.05) is 21.8 Å². The van der Waals surface area contributed by atoms with Crippen molar-refractivity contribution in [1.82, 2.24) is 19.5 Å². The fourth-order valence-corrected chi connectivity index (χ4v) is 4.75. The Hall–Kier alpha value is -1.65. The number of thioether (sulfide) groups is 1. The molecule has 0 fully saturated rings. The molecule has 29 heavy (non-hydrogen) atoms. The van der Waals surface area contributed by atoms with Gasteiger partial charge in [-0.25, -0.2) is 13.1 Å². The summed E-state index contributed by atoms with van der Waals surface area (Å²) >= 11 is 10.7. The molecular formula is C19H18BrClN4O2S2. The Morgan fingerprint density at radius 3 is 2.48 bits per heavy atom. The molecule has 10 heteroatoms. The third-order valence-electron chi connectivity index (χ3n) is 3.93. The van der Waals surface area contributed by atoms with Crippen molar-refractivity contribution in [3.05, 3.63) is 82.1 Å². The van der Waals surface area contributed by atoms with Gasteiger partial charge in [0.25, 0.3) is 0 Å². The normalized spacial score (nSPS) is 11.5. The molecule has 0 saturated heterocycles. The minimum atomic E-state index is -3.65. The molecular weight excluding hydrogens is 496 g/mol. The maximum atomic E-state index is 12.5. The Labute approximate surface area is 187 Å². The van der Waals surface area contributed by atoms with E-state index in [9.17, 15) is 8.42 Å². The number of benzene rings is 2. The third kappa shape index (κ3) is 5.93. The van der Waals surface area contributed by atoms with Gasteiger partial charge in [-0.05, 0) is 42.0 Å². The fourth-order valence-electron chi connectivity index (χ4n) is 2.45. The van der Waals surface area contributed by atoms with E-state index in [1.165, 1.54) is 23.9 Å². The Morgan fingerprint density at radius 2 is 1.83 bits per heavy atom. The average molecular weight is 514 g/mol. The van der Waals surface area contributed by atoms with Crippen LogP contribution in [0.25, 0.3) is 0 Å². The van der Waals surface area contributed by atoms with Crippen LogP contribution in [-0.2, 0) is 28.9 Å². The SMILES string of the molecule is C=CCn1c(CNS(=O)(=O)c2ccc(Br)cc2)nnc1SCc1ccc(Cl)cc1. The van der Waals surface area contributed by atoms with E-state index >= 15 is 0 Å². The van der Waals surface area contributed by atoms with Gasteiger partial charge in [-0.1, -0.05) is 57.5 Å².